The maximum absolute atomic E-state index is 13.6. The number of fused-ring (bicyclic) bond motifs is 1. The fourth-order valence-corrected chi connectivity index (χ4v) is 5.72. The van der Waals surface area contributed by atoms with Crippen LogP contribution in [0.2, 0.25) is 0 Å². The molecular formula is C31H30N2O5S. The normalized spacial score (nSPS) is 16.7. The van der Waals surface area contributed by atoms with Gasteiger partial charge in [-0.15, -0.1) is 0 Å². The molecule has 0 spiro atoms. The number of unbranched alkanes of at least 4 members (excludes halogenated alkanes) is 1. The second-order valence-corrected chi connectivity index (χ2v) is 10.4. The van der Waals surface area contributed by atoms with Gasteiger partial charge in [-0.05, 0) is 55.7 Å². The van der Waals surface area contributed by atoms with Gasteiger partial charge in [-0.3, -0.25) is 14.5 Å². The van der Waals surface area contributed by atoms with Crippen LogP contribution in [0.5, 0.6) is 11.5 Å². The van der Waals surface area contributed by atoms with Crippen LogP contribution in [0, 0.1) is 6.92 Å². The number of rotatable bonds is 9. The van der Waals surface area contributed by atoms with E-state index in [4.69, 9.17) is 14.5 Å². The number of benzene rings is 3. The van der Waals surface area contributed by atoms with Gasteiger partial charge >= 0.3 is 5.91 Å². The molecule has 2 heterocycles. The molecule has 8 heteroatoms. The number of thiazole rings is 1. The summed E-state index contributed by atoms with van der Waals surface area (Å²) in [5.41, 5.74) is 2.86. The molecule has 0 radical (unpaired) electrons. The molecule has 200 valence electrons. The number of ketones is 1. The largest absolute Gasteiger partial charge is 0.507 e. The molecule has 0 saturated carbocycles. The molecule has 1 unspecified atom stereocenters. The van der Waals surface area contributed by atoms with E-state index in [1.54, 1.807) is 36.4 Å². The molecule has 4 aromatic rings. The fourth-order valence-electron chi connectivity index (χ4n) is 4.63. The third kappa shape index (κ3) is 5.12. The second-order valence-electron chi connectivity index (χ2n) is 9.34. The standard InChI is InChI=1S/C31H30N2O5S/c1-4-6-16-38-23-15-13-21(18-24(23)37-5-2)27-26(28(34)20-10-8-7-9-11-20)29(35)30(36)33(27)31-32-22-14-12-19(3)17-25(22)39-31/h7-15,17-18,27,34H,4-6,16H2,1-3H3/b28-26+. The highest BCUT2D eigenvalue weighted by molar-refractivity contribution is 7.22. The number of amides is 1. The molecule has 1 fully saturated rings. The minimum absolute atomic E-state index is 0.00346. The van der Waals surface area contributed by atoms with Crippen LogP contribution >= 0.6 is 11.3 Å². The number of hydrogen-bond acceptors (Lipinski definition) is 7. The summed E-state index contributed by atoms with van der Waals surface area (Å²) in [5.74, 6) is -0.645. The molecule has 0 bridgehead atoms. The van der Waals surface area contributed by atoms with E-state index in [1.807, 2.05) is 44.2 Å². The summed E-state index contributed by atoms with van der Waals surface area (Å²) < 4.78 is 12.8. The highest BCUT2D eigenvalue weighted by atomic mass is 32.1. The maximum atomic E-state index is 13.6. The molecule has 1 atom stereocenters. The topological polar surface area (TPSA) is 89.0 Å². The number of ether oxygens (including phenoxy) is 2. The molecule has 3 aromatic carbocycles. The summed E-state index contributed by atoms with van der Waals surface area (Å²) in [6.45, 7) is 6.93. The Morgan fingerprint density at radius 1 is 1.00 bits per heavy atom. The average molecular weight is 543 g/mol. The minimum Gasteiger partial charge on any atom is -0.507 e. The molecule has 1 saturated heterocycles. The predicted octanol–water partition coefficient (Wildman–Crippen LogP) is 6.81. The summed E-state index contributed by atoms with van der Waals surface area (Å²) in [5, 5.41) is 11.7. The van der Waals surface area contributed by atoms with Crippen LogP contribution in [0.25, 0.3) is 16.0 Å². The van der Waals surface area contributed by atoms with Crippen molar-refractivity contribution in [3.05, 3.63) is 89.0 Å². The summed E-state index contributed by atoms with van der Waals surface area (Å²) in [4.78, 5) is 33.2. The summed E-state index contributed by atoms with van der Waals surface area (Å²) in [7, 11) is 0. The van der Waals surface area contributed by atoms with E-state index in [0.717, 1.165) is 28.6 Å². The van der Waals surface area contributed by atoms with Gasteiger partial charge in [0, 0.05) is 5.56 Å². The molecule has 39 heavy (non-hydrogen) atoms. The summed E-state index contributed by atoms with van der Waals surface area (Å²) in [6, 6.07) is 19.1. The highest BCUT2D eigenvalue weighted by Crippen LogP contribution is 2.46. The number of anilines is 1. The Labute approximate surface area is 231 Å². The van der Waals surface area contributed by atoms with Gasteiger partial charge in [0.05, 0.1) is 35.0 Å². The number of aromatic nitrogens is 1. The molecule has 1 amide bonds. The Kier molecular flexibility index (Phi) is 7.65. The molecular weight excluding hydrogens is 512 g/mol. The van der Waals surface area contributed by atoms with Crippen molar-refractivity contribution in [1.82, 2.24) is 4.98 Å². The molecule has 0 aliphatic carbocycles. The Balaban J connectivity index is 1.69. The van der Waals surface area contributed by atoms with Crippen LogP contribution in [0.15, 0.2) is 72.3 Å². The molecule has 1 N–H and O–H groups in total. The lowest BCUT2D eigenvalue weighted by atomic mass is 9.95. The molecule has 1 aromatic heterocycles. The molecule has 5 rings (SSSR count). The van der Waals surface area contributed by atoms with Gasteiger partial charge in [0.15, 0.2) is 16.6 Å². The van der Waals surface area contributed by atoms with Gasteiger partial charge in [0.2, 0.25) is 0 Å². The van der Waals surface area contributed by atoms with Gasteiger partial charge in [0.1, 0.15) is 5.76 Å². The van der Waals surface area contributed by atoms with E-state index in [9.17, 15) is 14.7 Å². The van der Waals surface area contributed by atoms with Crippen LogP contribution in [0.4, 0.5) is 5.13 Å². The van der Waals surface area contributed by atoms with Crippen molar-refractivity contribution in [3.63, 3.8) is 0 Å². The van der Waals surface area contributed by atoms with Gasteiger partial charge in [0.25, 0.3) is 5.78 Å². The van der Waals surface area contributed by atoms with Crippen LogP contribution < -0.4 is 14.4 Å². The number of aliphatic hydroxyl groups is 1. The number of hydrogen-bond donors (Lipinski definition) is 1. The number of nitrogens with zero attached hydrogens (tertiary/aromatic N) is 2. The first-order chi connectivity index (χ1) is 18.9. The number of Topliss-reactive ketones (excluding diaryl/α,β-unsaturated/α-hetero) is 1. The van der Waals surface area contributed by atoms with E-state index >= 15 is 0 Å². The van der Waals surface area contributed by atoms with Crippen molar-refractivity contribution in [2.45, 2.75) is 39.7 Å². The summed E-state index contributed by atoms with van der Waals surface area (Å²) >= 11 is 1.34. The van der Waals surface area contributed by atoms with Crippen LogP contribution in [-0.4, -0.2) is 35.0 Å². The molecule has 1 aliphatic rings. The first-order valence-electron chi connectivity index (χ1n) is 13.1. The van der Waals surface area contributed by atoms with Crippen molar-refractivity contribution < 1.29 is 24.2 Å². The average Bonchev–Trinajstić information content (AvgIpc) is 3.47. The Morgan fingerprint density at radius 3 is 2.54 bits per heavy atom. The fraction of sp³-hybridized carbons (Fsp3) is 0.258. The van der Waals surface area contributed by atoms with Gasteiger partial charge in [-0.2, -0.15) is 0 Å². The van der Waals surface area contributed by atoms with Crippen molar-refractivity contribution in [3.8, 4) is 11.5 Å². The number of carbonyl (C=O) groups is 2. The Morgan fingerprint density at radius 2 is 1.79 bits per heavy atom. The summed E-state index contributed by atoms with van der Waals surface area (Å²) in [6.07, 6.45) is 1.90. The number of carbonyl (C=O) groups excluding carboxylic acids is 2. The Bertz CT molecular complexity index is 1560. The van der Waals surface area contributed by atoms with Crippen LogP contribution in [0.1, 0.15) is 49.4 Å². The highest BCUT2D eigenvalue weighted by Gasteiger charge is 2.48. The number of aliphatic hydroxyl groups excluding tert-OH is 1. The first kappa shape index (κ1) is 26.4. The lowest BCUT2D eigenvalue weighted by Gasteiger charge is -2.24. The molecule has 1 aliphatic heterocycles. The van der Waals surface area contributed by atoms with Gasteiger partial charge in [-0.1, -0.05) is 67.1 Å². The zero-order valence-corrected chi connectivity index (χ0v) is 23.0. The SMILES string of the molecule is CCCCOc1ccc(C2/C(=C(\O)c3ccccc3)C(=O)C(=O)N2c2nc3ccc(C)cc3s2)cc1OCC. The van der Waals surface area contributed by atoms with Crippen molar-refractivity contribution in [2.24, 2.45) is 0 Å². The Hall–Kier alpha value is -4.17. The first-order valence-corrected chi connectivity index (χ1v) is 13.9. The molecule has 7 nitrogen and oxygen atoms in total. The zero-order chi connectivity index (χ0) is 27.5. The van der Waals surface area contributed by atoms with Crippen molar-refractivity contribution >= 4 is 44.1 Å². The lowest BCUT2D eigenvalue weighted by Crippen LogP contribution is -2.29. The van der Waals surface area contributed by atoms with E-state index in [0.29, 0.717) is 41.0 Å². The zero-order valence-electron chi connectivity index (χ0n) is 22.1. The minimum atomic E-state index is -0.907. The second kappa shape index (κ2) is 11.3. The van der Waals surface area contributed by atoms with Crippen LogP contribution in [0.3, 0.4) is 0 Å². The number of aryl methyl sites for hydroxylation is 1. The van der Waals surface area contributed by atoms with Crippen molar-refractivity contribution in [2.75, 3.05) is 18.1 Å². The quantitative estimate of drug-likeness (QED) is 0.108. The third-order valence-electron chi connectivity index (χ3n) is 6.57. The maximum Gasteiger partial charge on any atom is 0.301 e. The predicted molar refractivity (Wildman–Crippen MR) is 154 cm³/mol. The van der Waals surface area contributed by atoms with E-state index < -0.39 is 17.7 Å². The van der Waals surface area contributed by atoms with E-state index in [-0.39, 0.29) is 11.3 Å². The smallest absolute Gasteiger partial charge is 0.301 e. The van der Waals surface area contributed by atoms with Gasteiger partial charge < -0.3 is 14.6 Å². The van der Waals surface area contributed by atoms with Crippen LogP contribution in [-0.2, 0) is 9.59 Å². The monoisotopic (exact) mass is 542 g/mol. The lowest BCUT2D eigenvalue weighted by molar-refractivity contribution is -0.132. The van der Waals surface area contributed by atoms with E-state index in [1.165, 1.54) is 16.2 Å². The van der Waals surface area contributed by atoms with E-state index in [2.05, 4.69) is 6.92 Å². The van der Waals surface area contributed by atoms with Gasteiger partial charge in [-0.25, -0.2) is 4.98 Å². The van der Waals surface area contributed by atoms with Crippen molar-refractivity contribution in [1.29, 1.82) is 0 Å². The third-order valence-corrected chi connectivity index (χ3v) is 7.59.